The minimum atomic E-state index is -1.86. The van der Waals surface area contributed by atoms with Crippen LogP contribution in [-0.4, -0.2) is 44.4 Å². The van der Waals surface area contributed by atoms with Crippen LogP contribution in [0.2, 0.25) is 18.1 Å². The average molecular weight is 365 g/mol. The van der Waals surface area contributed by atoms with Gasteiger partial charge >= 0.3 is 0 Å². The van der Waals surface area contributed by atoms with Crippen LogP contribution in [0, 0.1) is 5.92 Å². The highest BCUT2D eigenvalue weighted by Gasteiger charge is 2.69. The molecule has 1 saturated carbocycles. The van der Waals surface area contributed by atoms with Gasteiger partial charge < -0.3 is 19.0 Å². The summed E-state index contributed by atoms with van der Waals surface area (Å²) in [5.74, 6) is 0.0975. The van der Waals surface area contributed by atoms with Crippen LogP contribution in [0.15, 0.2) is 30.3 Å². The van der Waals surface area contributed by atoms with Crippen molar-refractivity contribution in [1.29, 1.82) is 0 Å². The summed E-state index contributed by atoms with van der Waals surface area (Å²) >= 11 is 0. The van der Waals surface area contributed by atoms with Crippen LogP contribution in [-0.2, 0) is 20.5 Å². The molecular formula is C20H32O4Si. The summed E-state index contributed by atoms with van der Waals surface area (Å²) in [6.45, 7) is 12.5. The van der Waals surface area contributed by atoms with E-state index in [4.69, 9.17) is 13.9 Å². The molecule has 4 atom stereocenters. The average Bonchev–Trinajstić information content (AvgIpc) is 3.17. The smallest absolute Gasteiger partial charge is 0.192 e. The molecule has 25 heavy (non-hydrogen) atoms. The Balaban J connectivity index is 1.65. The lowest BCUT2D eigenvalue weighted by atomic mass is 9.95. The van der Waals surface area contributed by atoms with E-state index in [-0.39, 0.29) is 29.8 Å². The number of ether oxygens (including phenoxy) is 2. The molecule has 1 N–H and O–H groups in total. The molecule has 4 unspecified atom stereocenters. The van der Waals surface area contributed by atoms with Gasteiger partial charge in [-0.1, -0.05) is 51.1 Å². The molecule has 3 rings (SSSR count). The second-order valence-electron chi connectivity index (χ2n) is 8.98. The molecule has 1 aliphatic carbocycles. The summed E-state index contributed by atoms with van der Waals surface area (Å²) in [5.41, 5.74) is 0.720. The van der Waals surface area contributed by atoms with Crippen LogP contribution in [0.5, 0.6) is 0 Å². The topological polar surface area (TPSA) is 51.2 Å². The number of hydrogen-bond acceptors (Lipinski definition) is 4. The van der Waals surface area contributed by atoms with Gasteiger partial charge in [-0.2, -0.15) is 0 Å². The molecule has 0 amide bonds. The zero-order valence-electron chi connectivity index (χ0n) is 16.1. The first-order chi connectivity index (χ1) is 11.7. The number of rotatable bonds is 7. The molecule has 1 saturated heterocycles. The monoisotopic (exact) mass is 364 g/mol. The highest BCUT2D eigenvalue weighted by Crippen LogP contribution is 2.55. The Kier molecular flexibility index (Phi) is 5.17. The Morgan fingerprint density at radius 3 is 2.52 bits per heavy atom. The van der Waals surface area contributed by atoms with Crippen molar-refractivity contribution >= 4 is 8.32 Å². The molecule has 2 aliphatic rings. The maximum Gasteiger partial charge on any atom is 0.192 e. The summed E-state index contributed by atoms with van der Waals surface area (Å²) in [6, 6.07) is 10.2. The van der Waals surface area contributed by atoms with Crippen molar-refractivity contribution in [2.75, 3.05) is 13.2 Å². The Labute approximate surface area is 152 Å². The van der Waals surface area contributed by atoms with Gasteiger partial charge in [0.2, 0.25) is 0 Å². The van der Waals surface area contributed by atoms with Crippen molar-refractivity contribution in [3.63, 3.8) is 0 Å². The second-order valence-corrected chi connectivity index (χ2v) is 13.7. The molecule has 0 radical (unpaired) electrons. The van der Waals surface area contributed by atoms with E-state index in [1.165, 1.54) is 0 Å². The van der Waals surface area contributed by atoms with E-state index in [0.717, 1.165) is 12.0 Å². The van der Waals surface area contributed by atoms with Gasteiger partial charge in [0, 0.05) is 12.3 Å². The first-order valence-corrected chi connectivity index (χ1v) is 12.2. The molecule has 1 heterocycles. The molecule has 0 bridgehead atoms. The highest BCUT2D eigenvalue weighted by atomic mass is 28.4. The van der Waals surface area contributed by atoms with Crippen molar-refractivity contribution < 1.29 is 19.0 Å². The van der Waals surface area contributed by atoms with E-state index in [9.17, 15) is 5.11 Å². The maximum absolute atomic E-state index is 9.90. The van der Waals surface area contributed by atoms with Gasteiger partial charge in [-0.15, -0.1) is 0 Å². The van der Waals surface area contributed by atoms with Crippen molar-refractivity contribution in [2.24, 2.45) is 5.92 Å². The van der Waals surface area contributed by atoms with Crippen LogP contribution in [0.4, 0.5) is 0 Å². The zero-order valence-corrected chi connectivity index (χ0v) is 17.1. The van der Waals surface area contributed by atoms with Crippen molar-refractivity contribution in [3.8, 4) is 0 Å². The van der Waals surface area contributed by atoms with E-state index in [1.54, 1.807) is 0 Å². The Hall–Kier alpha value is -0.723. The molecule has 5 heteroatoms. The summed E-state index contributed by atoms with van der Waals surface area (Å²) in [7, 11) is -1.86. The predicted octanol–water partition coefficient (Wildman–Crippen LogP) is 3.74. The molecule has 0 aromatic heterocycles. The Morgan fingerprint density at radius 2 is 1.92 bits per heavy atom. The zero-order chi connectivity index (χ0) is 18.3. The van der Waals surface area contributed by atoms with E-state index in [1.807, 2.05) is 18.2 Å². The third-order valence-corrected chi connectivity index (χ3v) is 10.8. The van der Waals surface area contributed by atoms with Crippen LogP contribution >= 0.6 is 0 Å². The van der Waals surface area contributed by atoms with Crippen LogP contribution in [0.1, 0.15) is 32.8 Å². The molecule has 1 aromatic carbocycles. The summed E-state index contributed by atoms with van der Waals surface area (Å²) in [4.78, 5) is 0. The van der Waals surface area contributed by atoms with Crippen LogP contribution < -0.4 is 0 Å². The fraction of sp³-hybridized carbons (Fsp3) is 0.700. The normalized spacial score (nSPS) is 31.8. The lowest BCUT2D eigenvalue weighted by molar-refractivity contribution is -0.0259. The molecule has 2 fully saturated rings. The fourth-order valence-electron chi connectivity index (χ4n) is 3.56. The second kappa shape index (κ2) is 6.78. The first-order valence-electron chi connectivity index (χ1n) is 9.28. The number of epoxide rings is 1. The maximum atomic E-state index is 9.90. The van der Waals surface area contributed by atoms with Crippen molar-refractivity contribution in [3.05, 3.63) is 35.9 Å². The first kappa shape index (κ1) is 19.0. The molecule has 1 aliphatic heterocycles. The lowest BCUT2D eigenvalue weighted by Gasteiger charge is -2.41. The van der Waals surface area contributed by atoms with E-state index >= 15 is 0 Å². The number of hydrogen-bond donors (Lipinski definition) is 1. The van der Waals surface area contributed by atoms with Gasteiger partial charge in [0.1, 0.15) is 5.60 Å². The van der Waals surface area contributed by atoms with E-state index < -0.39 is 13.9 Å². The number of benzene rings is 1. The summed E-state index contributed by atoms with van der Waals surface area (Å²) in [5, 5.41) is 10.1. The van der Waals surface area contributed by atoms with E-state index in [0.29, 0.717) is 13.2 Å². The number of aliphatic hydroxyl groups is 1. The SMILES string of the molecule is CC(C)(C)[Si](C)(C)OC1CC2OC2(CO)C1COCc1ccccc1. The quantitative estimate of drug-likeness (QED) is 0.591. The molecule has 140 valence electrons. The third-order valence-electron chi connectivity index (χ3n) is 6.28. The summed E-state index contributed by atoms with van der Waals surface area (Å²) in [6.07, 6.45) is 1.10. The minimum absolute atomic E-state index is 0.0500. The Morgan fingerprint density at radius 1 is 1.24 bits per heavy atom. The summed E-state index contributed by atoms with van der Waals surface area (Å²) < 4.78 is 18.5. The number of fused-ring (bicyclic) bond motifs is 1. The minimum Gasteiger partial charge on any atom is -0.413 e. The largest absolute Gasteiger partial charge is 0.413 e. The molecule has 0 spiro atoms. The lowest BCUT2D eigenvalue weighted by Crippen LogP contribution is -2.47. The third kappa shape index (κ3) is 3.71. The van der Waals surface area contributed by atoms with E-state index in [2.05, 4.69) is 46.0 Å². The standard InChI is InChI=1S/C20H32O4Si/c1-19(2,3)25(4,5)24-17-11-18-20(14-21,23-18)16(17)13-22-12-15-9-7-6-8-10-15/h6-10,16-18,21H,11-14H2,1-5H3. The van der Waals surface area contributed by atoms with Gasteiger partial charge in [-0.3, -0.25) is 0 Å². The molecular weight excluding hydrogens is 332 g/mol. The van der Waals surface area contributed by atoms with Crippen molar-refractivity contribution in [1.82, 2.24) is 0 Å². The van der Waals surface area contributed by atoms with Gasteiger partial charge in [0.05, 0.1) is 32.0 Å². The van der Waals surface area contributed by atoms with Gasteiger partial charge in [-0.05, 0) is 23.7 Å². The number of aliphatic hydroxyl groups excluding tert-OH is 1. The molecule has 1 aromatic rings. The highest BCUT2D eigenvalue weighted by molar-refractivity contribution is 6.74. The van der Waals surface area contributed by atoms with Gasteiger partial charge in [0.25, 0.3) is 0 Å². The van der Waals surface area contributed by atoms with Crippen molar-refractivity contribution in [2.45, 2.75) is 69.7 Å². The Bertz CT molecular complexity index is 579. The van der Waals surface area contributed by atoms with Gasteiger partial charge in [-0.25, -0.2) is 0 Å². The van der Waals surface area contributed by atoms with Gasteiger partial charge in [0.15, 0.2) is 8.32 Å². The molecule has 4 nitrogen and oxygen atoms in total. The van der Waals surface area contributed by atoms with Crippen LogP contribution in [0.25, 0.3) is 0 Å². The predicted molar refractivity (Wildman–Crippen MR) is 101 cm³/mol. The fourth-order valence-corrected chi connectivity index (χ4v) is 4.93. The van der Waals surface area contributed by atoms with Crippen LogP contribution in [0.3, 0.4) is 0 Å².